The van der Waals surface area contributed by atoms with Crippen LogP contribution in [0.4, 0.5) is 0 Å². The number of nitrogens with one attached hydrogen (secondary N) is 1. The first-order valence-electron chi connectivity index (χ1n) is 7.96. The van der Waals surface area contributed by atoms with Crippen LogP contribution in [-0.2, 0) is 20.9 Å². The third-order valence-corrected chi connectivity index (χ3v) is 4.79. The zero-order valence-corrected chi connectivity index (χ0v) is 16.1. The maximum Gasteiger partial charge on any atom is 0.319 e. The van der Waals surface area contributed by atoms with E-state index in [4.69, 9.17) is 21.1 Å². The molecule has 2 rings (SSSR count). The Morgan fingerprint density at radius 2 is 1.77 bits per heavy atom. The summed E-state index contributed by atoms with van der Waals surface area (Å²) in [4.78, 5) is 24.7. The molecule has 7 heteroatoms. The standard InChI is InChI=1S/C19H20ClNO4S/c1-13(26-17-9-5-15(20)6-10-17)19(23)25-12-18(22)21-11-14-3-7-16(24-2)8-4-14/h3-10,13H,11-12H2,1-2H3,(H,21,22)/t13-/m1/s1. The second kappa shape index (κ2) is 10.1. The van der Waals surface area contributed by atoms with Gasteiger partial charge in [-0.3, -0.25) is 9.59 Å². The minimum Gasteiger partial charge on any atom is -0.497 e. The van der Waals surface area contributed by atoms with E-state index >= 15 is 0 Å². The van der Waals surface area contributed by atoms with E-state index in [9.17, 15) is 9.59 Å². The number of hydrogen-bond donors (Lipinski definition) is 1. The smallest absolute Gasteiger partial charge is 0.319 e. The molecule has 0 radical (unpaired) electrons. The first kappa shape index (κ1) is 20.1. The molecule has 0 saturated carbocycles. The van der Waals surface area contributed by atoms with Crippen molar-refractivity contribution in [3.05, 3.63) is 59.1 Å². The van der Waals surface area contributed by atoms with Gasteiger partial charge in [-0.25, -0.2) is 0 Å². The highest BCUT2D eigenvalue weighted by Crippen LogP contribution is 2.25. The van der Waals surface area contributed by atoms with Crippen molar-refractivity contribution in [2.75, 3.05) is 13.7 Å². The second-order valence-electron chi connectivity index (χ2n) is 5.45. The maximum atomic E-state index is 12.0. The van der Waals surface area contributed by atoms with Crippen molar-refractivity contribution < 1.29 is 19.1 Å². The lowest BCUT2D eigenvalue weighted by Crippen LogP contribution is -2.30. The Hall–Kier alpha value is -2.18. The predicted molar refractivity (Wildman–Crippen MR) is 103 cm³/mol. The average molecular weight is 394 g/mol. The van der Waals surface area contributed by atoms with Crippen LogP contribution in [0, 0.1) is 0 Å². The third-order valence-electron chi connectivity index (χ3n) is 3.45. The average Bonchev–Trinajstić information content (AvgIpc) is 2.66. The summed E-state index contributed by atoms with van der Waals surface area (Å²) in [6, 6.07) is 14.5. The van der Waals surface area contributed by atoms with E-state index in [1.807, 2.05) is 36.4 Å². The highest BCUT2D eigenvalue weighted by Gasteiger charge is 2.17. The van der Waals surface area contributed by atoms with Crippen LogP contribution in [0.3, 0.4) is 0 Å². The number of methoxy groups -OCH3 is 1. The Bertz CT molecular complexity index is 734. The van der Waals surface area contributed by atoms with Gasteiger partial charge in [-0.15, -0.1) is 11.8 Å². The minimum absolute atomic E-state index is 0.305. The van der Waals surface area contributed by atoms with Crippen LogP contribution in [0.25, 0.3) is 0 Å². The molecule has 26 heavy (non-hydrogen) atoms. The van der Waals surface area contributed by atoms with E-state index in [0.29, 0.717) is 11.6 Å². The predicted octanol–water partition coefficient (Wildman–Crippen LogP) is 3.69. The molecule has 138 valence electrons. The first-order chi connectivity index (χ1) is 12.5. The zero-order chi connectivity index (χ0) is 18.9. The van der Waals surface area contributed by atoms with E-state index < -0.39 is 11.2 Å². The molecule has 0 aliphatic carbocycles. The number of carbonyl (C=O) groups is 2. The van der Waals surface area contributed by atoms with Crippen molar-refractivity contribution in [1.82, 2.24) is 5.32 Å². The van der Waals surface area contributed by atoms with Crippen LogP contribution < -0.4 is 10.1 Å². The monoisotopic (exact) mass is 393 g/mol. The van der Waals surface area contributed by atoms with Crippen LogP contribution in [0.5, 0.6) is 5.75 Å². The first-order valence-corrected chi connectivity index (χ1v) is 9.22. The van der Waals surface area contributed by atoms with Gasteiger partial charge in [0.05, 0.1) is 7.11 Å². The Morgan fingerprint density at radius 1 is 1.12 bits per heavy atom. The molecule has 0 aliphatic heterocycles. The molecule has 0 unspecified atom stereocenters. The van der Waals surface area contributed by atoms with E-state index in [0.717, 1.165) is 16.2 Å². The summed E-state index contributed by atoms with van der Waals surface area (Å²) in [5, 5.41) is 2.92. The molecule has 5 nitrogen and oxygen atoms in total. The number of carbonyl (C=O) groups excluding carboxylic acids is 2. The van der Waals surface area contributed by atoms with Gasteiger partial charge in [0.25, 0.3) is 5.91 Å². The third kappa shape index (κ3) is 6.61. The van der Waals surface area contributed by atoms with Gasteiger partial charge >= 0.3 is 5.97 Å². The fraction of sp³-hybridized carbons (Fsp3) is 0.263. The molecule has 0 bridgehead atoms. The normalized spacial score (nSPS) is 11.5. The lowest BCUT2D eigenvalue weighted by atomic mass is 10.2. The van der Waals surface area contributed by atoms with Crippen molar-refractivity contribution in [3.63, 3.8) is 0 Å². The van der Waals surface area contributed by atoms with Gasteiger partial charge in [-0.1, -0.05) is 23.7 Å². The fourth-order valence-electron chi connectivity index (χ4n) is 2.01. The topological polar surface area (TPSA) is 64.6 Å². The Morgan fingerprint density at radius 3 is 2.38 bits per heavy atom. The Labute approximate surface area is 162 Å². The lowest BCUT2D eigenvalue weighted by Gasteiger charge is -2.11. The van der Waals surface area contributed by atoms with Crippen LogP contribution in [0.15, 0.2) is 53.4 Å². The fourth-order valence-corrected chi connectivity index (χ4v) is 3.01. The van der Waals surface area contributed by atoms with Gasteiger partial charge in [0.1, 0.15) is 11.0 Å². The highest BCUT2D eigenvalue weighted by molar-refractivity contribution is 8.00. The minimum atomic E-state index is -0.440. The molecule has 0 heterocycles. The van der Waals surface area contributed by atoms with Crippen LogP contribution in [0.2, 0.25) is 5.02 Å². The molecule has 1 N–H and O–H groups in total. The number of thioether (sulfide) groups is 1. The number of esters is 1. The zero-order valence-electron chi connectivity index (χ0n) is 14.5. The molecule has 0 aromatic heterocycles. The SMILES string of the molecule is COc1ccc(CNC(=O)COC(=O)[C@@H](C)Sc2ccc(Cl)cc2)cc1. The quantitative estimate of drug-likeness (QED) is 0.547. The van der Waals surface area contributed by atoms with E-state index in [2.05, 4.69) is 5.32 Å². The number of ether oxygens (including phenoxy) is 2. The lowest BCUT2D eigenvalue weighted by molar-refractivity contribution is -0.147. The number of benzene rings is 2. The van der Waals surface area contributed by atoms with Crippen LogP contribution in [-0.4, -0.2) is 30.8 Å². The van der Waals surface area contributed by atoms with E-state index in [1.54, 1.807) is 26.2 Å². The molecular formula is C19H20ClNO4S. The summed E-state index contributed by atoms with van der Waals surface area (Å²) < 4.78 is 10.1. The molecule has 1 atom stereocenters. The summed E-state index contributed by atoms with van der Waals surface area (Å²) in [6.07, 6.45) is 0. The molecular weight excluding hydrogens is 374 g/mol. The summed E-state index contributed by atoms with van der Waals surface area (Å²) in [5.74, 6) is -0.0383. The van der Waals surface area contributed by atoms with E-state index in [1.165, 1.54) is 11.8 Å². The summed E-state index contributed by atoms with van der Waals surface area (Å²) >= 11 is 7.18. The van der Waals surface area contributed by atoms with Gasteiger partial charge in [-0.05, 0) is 48.9 Å². The van der Waals surface area contributed by atoms with Gasteiger partial charge in [0.2, 0.25) is 0 Å². The van der Waals surface area contributed by atoms with Crippen molar-refractivity contribution in [2.45, 2.75) is 23.6 Å². The molecule has 1 amide bonds. The number of halogens is 1. The van der Waals surface area contributed by atoms with Gasteiger partial charge in [0.15, 0.2) is 6.61 Å². The van der Waals surface area contributed by atoms with Crippen molar-refractivity contribution in [1.29, 1.82) is 0 Å². The molecule has 0 spiro atoms. The van der Waals surface area contributed by atoms with Gasteiger partial charge < -0.3 is 14.8 Å². The van der Waals surface area contributed by atoms with Crippen molar-refractivity contribution in [2.24, 2.45) is 0 Å². The Balaban J connectivity index is 1.71. The molecule has 0 saturated heterocycles. The van der Waals surface area contributed by atoms with E-state index in [-0.39, 0.29) is 12.5 Å². The van der Waals surface area contributed by atoms with Crippen LogP contribution >= 0.6 is 23.4 Å². The van der Waals surface area contributed by atoms with Crippen molar-refractivity contribution >= 4 is 35.2 Å². The summed E-state index contributed by atoms with van der Waals surface area (Å²) in [5.41, 5.74) is 0.928. The van der Waals surface area contributed by atoms with Crippen molar-refractivity contribution in [3.8, 4) is 5.75 Å². The maximum absolute atomic E-state index is 12.0. The number of amides is 1. The number of rotatable bonds is 8. The molecule has 2 aromatic carbocycles. The largest absolute Gasteiger partial charge is 0.497 e. The second-order valence-corrected chi connectivity index (χ2v) is 7.30. The molecule has 2 aromatic rings. The molecule has 0 aliphatic rings. The van der Waals surface area contributed by atoms with Crippen LogP contribution in [0.1, 0.15) is 12.5 Å². The summed E-state index contributed by atoms with van der Waals surface area (Å²) in [6.45, 7) is 1.78. The number of hydrogen-bond acceptors (Lipinski definition) is 5. The van der Waals surface area contributed by atoms with Gasteiger partial charge in [0, 0.05) is 16.5 Å². The highest BCUT2D eigenvalue weighted by atomic mass is 35.5. The Kier molecular flexibility index (Phi) is 7.81. The summed E-state index contributed by atoms with van der Waals surface area (Å²) in [7, 11) is 1.59. The van der Waals surface area contributed by atoms with Gasteiger partial charge in [-0.2, -0.15) is 0 Å². The molecule has 0 fully saturated rings.